The molecule has 1 amide bonds. The molecule has 4 aromatic rings. The third-order valence-electron chi connectivity index (χ3n) is 5.84. The van der Waals surface area contributed by atoms with Crippen molar-refractivity contribution in [2.24, 2.45) is 0 Å². The van der Waals surface area contributed by atoms with Crippen LogP contribution in [0.15, 0.2) is 91.0 Å². The van der Waals surface area contributed by atoms with Gasteiger partial charge in [-0.1, -0.05) is 54.6 Å². The van der Waals surface area contributed by atoms with Crippen LogP contribution in [0.4, 0.5) is 5.82 Å². The zero-order valence-corrected chi connectivity index (χ0v) is 19.1. The van der Waals surface area contributed by atoms with Crippen LogP contribution in [0, 0.1) is 6.92 Å². The highest BCUT2D eigenvalue weighted by molar-refractivity contribution is 5.94. The minimum atomic E-state index is 0.0157. The first kappa shape index (κ1) is 21.6. The first-order valence-electron chi connectivity index (χ1n) is 11.4. The Labute approximate surface area is 199 Å². The Morgan fingerprint density at radius 1 is 0.765 bits per heavy atom. The molecule has 0 atom stereocenters. The average Bonchev–Trinajstić information content (AvgIpc) is 2.89. The molecule has 0 radical (unpaired) electrons. The molecule has 0 N–H and O–H groups in total. The van der Waals surface area contributed by atoms with Gasteiger partial charge in [-0.25, -0.2) is 9.97 Å². The maximum absolute atomic E-state index is 13.2. The molecule has 5 rings (SSSR count). The summed E-state index contributed by atoms with van der Waals surface area (Å²) in [5.41, 5.74) is 2.61. The van der Waals surface area contributed by atoms with Crippen molar-refractivity contribution in [1.82, 2.24) is 14.9 Å². The summed E-state index contributed by atoms with van der Waals surface area (Å²) in [5, 5.41) is 0. The number of carbonyl (C=O) groups is 1. The smallest absolute Gasteiger partial charge is 0.254 e. The maximum atomic E-state index is 13.2. The van der Waals surface area contributed by atoms with E-state index in [0.717, 1.165) is 41.7 Å². The number of piperazine rings is 1. The first-order valence-corrected chi connectivity index (χ1v) is 11.4. The SMILES string of the molecule is Cc1nc(-c2ccccc2)cc(N2CCN(C(=O)c3cccc(Oc4ccccc4)c3)CC2)n1. The lowest BCUT2D eigenvalue weighted by Gasteiger charge is -2.35. The molecular weight excluding hydrogens is 424 g/mol. The Morgan fingerprint density at radius 3 is 2.18 bits per heavy atom. The number of rotatable bonds is 5. The highest BCUT2D eigenvalue weighted by Gasteiger charge is 2.24. The second-order valence-electron chi connectivity index (χ2n) is 8.25. The van der Waals surface area contributed by atoms with Crippen LogP contribution in [0.5, 0.6) is 11.5 Å². The van der Waals surface area contributed by atoms with Gasteiger partial charge < -0.3 is 14.5 Å². The van der Waals surface area contributed by atoms with Gasteiger partial charge in [0.25, 0.3) is 5.91 Å². The molecule has 34 heavy (non-hydrogen) atoms. The van der Waals surface area contributed by atoms with Crippen LogP contribution < -0.4 is 9.64 Å². The van der Waals surface area contributed by atoms with Gasteiger partial charge in [0.1, 0.15) is 23.1 Å². The van der Waals surface area contributed by atoms with Crippen LogP contribution in [-0.4, -0.2) is 47.0 Å². The average molecular weight is 451 g/mol. The predicted molar refractivity (Wildman–Crippen MR) is 133 cm³/mol. The third-order valence-corrected chi connectivity index (χ3v) is 5.84. The van der Waals surface area contributed by atoms with Gasteiger partial charge in [0.05, 0.1) is 5.69 Å². The van der Waals surface area contributed by atoms with E-state index < -0.39 is 0 Å². The fourth-order valence-electron chi connectivity index (χ4n) is 4.11. The first-order chi connectivity index (χ1) is 16.7. The zero-order chi connectivity index (χ0) is 23.3. The van der Waals surface area contributed by atoms with E-state index in [1.807, 2.05) is 90.7 Å². The number of aromatic nitrogens is 2. The molecule has 2 heterocycles. The fourth-order valence-corrected chi connectivity index (χ4v) is 4.11. The molecule has 1 aromatic heterocycles. The van der Waals surface area contributed by atoms with Gasteiger partial charge >= 0.3 is 0 Å². The van der Waals surface area contributed by atoms with Crippen molar-refractivity contribution in [2.45, 2.75) is 6.92 Å². The van der Waals surface area contributed by atoms with E-state index in [9.17, 15) is 4.79 Å². The molecular formula is C28H26N4O2. The Kier molecular flexibility index (Phi) is 6.21. The van der Waals surface area contributed by atoms with E-state index in [1.165, 1.54) is 0 Å². The van der Waals surface area contributed by atoms with Crippen molar-refractivity contribution in [3.8, 4) is 22.8 Å². The summed E-state index contributed by atoms with van der Waals surface area (Å²) < 4.78 is 5.90. The molecule has 6 heteroatoms. The summed E-state index contributed by atoms with van der Waals surface area (Å²) in [4.78, 5) is 26.5. The van der Waals surface area contributed by atoms with Gasteiger partial charge in [-0.05, 0) is 37.3 Å². The topological polar surface area (TPSA) is 58.6 Å². The van der Waals surface area contributed by atoms with Crippen LogP contribution >= 0.6 is 0 Å². The number of anilines is 1. The number of benzene rings is 3. The fraction of sp³-hybridized carbons (Fsp3) is 0.179. The minimum absolute atomic E-state index is 0.0157. The van der Waals surface area contributed by atoms with Crippen molar-refractivity contribution >= 4 is 11.7 Å². The number of carbonyl (C=O) groups excluding carboxylic acids is 1. The monoisotopic (exact) mass is 450 g/mol. The number of ether oxygens (including phenoxy) is 1. The van der Waals surface area contributed by atoms with Crippen molar-refractivity contribution in [3.63, 3.8) is 0 Å². The third kappa shape index (κ3) is 4.91. The van der Waals surface area contributed by atoms with Gasteiger partial charge in [0.2, 0.25) is 0 Å². The van der Waals surface area contributed by atoms with Crippen molar-refractivity contribution in [1.29, 1.82) is 0 Å². The number of amides is 1. The number of nitrogens with zero attached hydrogens (tertiary/aromatic N) is 4. The maximum Gasteiger partial charge on any atom is 0.254 e. The van der Waals surface area contributed by atoms with E-state index in [0.29, 0.717) is 24.4 Å². The highest BCUT2D eigenvalue weighted by atomic mass is 16.5. The molecule has 1 saturated heterocycles. The summed E-state index contributed by atoms with van der Waals surface area (Å²) in [6.45, 7) is 4.62. The van der Waals surface area contributed by atoms with Crippen LogP contribution in [-0.2, 0) is 0 Å². The van der Waals surface area contributed by atoms with Crippen molar-refractivity contribution < 1.29 is 9.53 Å². The number of para-hydroxylation sites is 1. The summed E-state index contributed by atoms with van der Waals surface area (Å²) >= 11 is 0. The van der Waals surface area contributed by atoms with Gasteiger partial charge in [-0.15, -0.1) is 0 Å². The Bertz CT molecular complexity index is 1270. The lowest BCUT2D eigenvalue weighted by Crippen LogP contribution is -2.49. The molecule has 0 unspecified atom stereocenters. The summed E-state index contributed by atoms with van der Waals surface area (Å²) in [5.74, 6) is 3.06. The van der Waals surface area contributed by atoms with Crippen LogP contribution in [0.25, 0.3) is 11.3 Å². The Hall–Kier alpha value is -4.19. The second-order valence-corrected chi connectivity index (χ2v) is 8.25. The predicted octanol–water partition coefficient (Wildman–Crippen LogP) is 5.21. The quantitative estimate of drug-likeness (QED) is 0.418. The Balaban J connectivity index is 1.26. The molecule has 1 aliphatic rings. The normalized spacial score (nSPS) is 13.6. The summed E-state index contributed by atoms with van der Waals surface area (Å²) in [7, 11) is 0. The lowest BCUT2D eigenvalue weighted by atomic mass is 10.1. The van der Waals surface area contributed by atoms with Crippen molar-refractivity contribution in [3.05, 3.63) is 102 Å². The minimum Gasteiger partial charge on any atom is -0.457 e. The van der Waals surface area contributed by atoms with E-state index in [-0.39, 0.29) is 5.91 Å². The van der Waals surface area contributed by atoms with Gasteiger partial charge in [0.15, 0.2) is 0 Å². The van der Waals surface area contributed by atoms with Crippen LogP contribution in [0.3, 0.4) is 0 Å². The lowest BCUT2D eigenvalue weighted by molar-refractivity contribution is 0.0746. The van der Waals surface area contributed by atoms with E-state index in [1.54, 1.807) is 0 Å². The van der Waals surface area contributed by atoms with E-state index in [2.05, 4.69) is 27.0 Å². The molecule has 0 saturated carbocycles. The van der Waals surface area contributed by atoms with Gasteiger partial charge in [-0.3, -0.25) is 4.79 Å². The number of hydrogen-bond donors (Lipinski definition) is 0. The summed E-state index contributed by atoms with van der Waals surface area (Å²) in [6.07, 6.45) is 0. The molecule has 0 spiro atoms. The molecule has 1 fully saturated rings. The molecule has 170 valence electrons. The van der Waals surface area contributed by atoms with Gasteiger partial charge in [-0.2, -0.15) is 0 Å². The van der Waals surface area contributed by atoms with E-state index >= 15 is 0 Å². The molecule has 0 aliphatic carbocycles. The number of hydrogen-bond acceptors (Lipinski definition) is 5. The zero-order valence-electron chi connectivity index (χ0n) is 19.1. The van der Waals surface area contributed by atoms with Gasteiger partial charge in [0, 0.05) is 43.4 Å². The molecule has 0 bridgehead atoms. The molecule has 1 aliphatic heterocycles. The summed E-state index contributed by atoms with van der Waals surface area (Å²) in [6, 6.07) is 29.1. The van der Waals surface area contributed by atoms with Crippen LogP contribution in [0.1, 0.15) is 16.2 Å². The second kappa shape index (κ2) is 9.75. The van der Waals surface area contributed by atoms with E-state index in [4.69, 9.17) is 4.74 Å². The Morgan fingerprint density at radius 2 is 1.44 bits per heavy atom. The standard InChI is InChI=1S/C28H26N4O2/c1-21-29-26(22-9-4-2-5-10-22)20-27(30-21)31-15-17-32(18-16-31)28(33)23-11-8-14-25(19-23)34-24-12-6-3-7-13-24/h2-14,19-20H,15-18H2,1H3. The van der Waals surface area contributed by atoms with Crippen molar-refractivity contribution in [2.75, 3.05) is 31.1 Å². The number of aryl methyl sites for hydroxylation is 1. The molecule has 6 nitrogen and oxygen atoms in total. The molecule has 3 aromatic carbocycles. The highest BCUT2D eigenvalue weighted by Crippen LogP contribution is 2.25. The van der Waals surface area contributed by atoms with Crippen LogP contribution in [0.2, 0.25) is 0 Å². The largest absolute Gasteiger partial charge is 0.457 e.